The predicted octanol–water partition coefficient (Wildman–Crippen LogP) is 0.178. The van der Waals surface area contributed by atoms with Crippen LogP contribution in [0.15, 0.2) is 18.2 Å². The van der Waals surface area contributed by atoms with E-state index in [4.69, 9.17) is 5.11 Å². The minimum absolute atomic E-state index is 0.135. The Bertz CT molecular complexity index is 495. The van der Waals surface area contributed by atoms with Crippen LogP contribution in [0.4, 0.5) is 0 Å². The lowest BCUT2D eigenvalue weighted by Gasteiger charge is -2.26. The van der Waals surface area contributed by atoms with Gasteiger partial charge in [0.05, 0.1) is 6.54 Å². The Morgan fingerprint density at radius 1 is 1.26 bits per heavy atom. The Morgan fingerprint density at radius 3 is 2.58 bits per heavy atom. The van der Waals surface area contributed by atoms with Crippen molar-refractivity contribution in [2.45, 2.75) is 0 Å². The molecule has 0 spiro atoms. The van der Waals surface area contributed by atoms with Gasteiger partial charge in [-0.2, -0.15) is 0 Å². The number of carbonyl (C=O) groups excluding carboxylic acids is 1. The highest BCUT2D eigenvalue weighted by Crippen LogP contribution is 2.19. The molecule has 0 unspecified atom stereocenters. The molecule has 6 heteroatoms. The number of aromatic hydroxyl groups is 1. The molecular formula is C13H16N2O4. The summed E-state index contributed by atoms with van der Waals surface area (Å²) in [4.78, 5) is 25.0. The fraction of sp³-hybridized carbons (Fsp3) is 0.385. The molecule has 0 aliphatic carbocycles. The summed E-state index contributed by atoms with van der Waals surface area (Å²) in [6.07, 6.45) is 0. The van der Waals surface area contributed by atoms with Gasteiger partial charge in [-0.25, -0.2) is 4.79 Å². The topological polar surface area (TPSA) is 89.9 Å². The first-order valence-electron chi connectivity index (χ1n) is 6.10. The monoisotopic (exact) mass is 264 g/mol. The molecule has 1 aliphatic rings. The fourth-order valence-corrected chi connectivity index (χ4v) is 2.04. The van der Waals surface area contributed by atoms with Crippen molar-refractivity contribution in [1.29, 1.82) is 0 Å². The zero-order chi connectivity index (χ0) is 13.8. The summed E-state index contributed by atoms with van der Waals surface area (Å²) in [6, 6.07) is 3.92. The second-order valence-corrected chi connectivity index (χ2v) is 4.49. The summed E-state index contributed by atoms with van der Waals surface area (Å²) in [5.41, 5.74) is 0.0693. The molecule has 1 aliphatic heterocycles. The number of nitrogens with one attached hydrogen (secondary N) is 1. The summed E-state index contributed by atoms with van der Waals surface area (Å²) in [5.74, 6) is -1.70. The fourth-order valence-electron chi connectivity index (χ4n) is 2.04. The lowest BCUT2D eigenvalue weighted by molar-refractivity contribution is 0.0693. The molecule has 0 bridgehead atoms. The number of aromatic carboxylic acids is 1. The average molecular weight is 264 g/mol. The Balaban J connectivity index is 2.10. The molecule has 0 amide bonds. The van der Waals surface area contributed by atoms with Gasteiger partial charge in [0.2, 0.25) is 0 Å². The van der Waals surface area contributed by atoms with E-state index in [1.54, 1.807) is 0 Å². The lowest BCUT2D eigenvalue weighted by Crippen LogP contribution is -2.45. The third-order valence-electron chi connectivity index (χ3n) is 3.13. The van der Waals surface area contributed by atoms with Crippen molar-refractivity contribution in [3.8, 4) is 5.75 Å². The number of piperazine rings is 1. The van der Waals surface area contributed by atoms with E-state index in [1.165, 1.54) is 18.2 Å². The van der Waals surface area contributed by atoms with E-state index in [-0.39, 0.29) is 23.6 Å². The number of carboxylic acids is 1. The van der Waals surface area contributed by atoms with Crippen molar-refractivity contribution >= 4 is 11.8 Å². The molecule has 0 radical (unpaired) electrons. The second-order valence-electron chi connectivity index (χ2n) is 4.49. The molecule has 1 saturated heterocycles. The summed E-state index contributed by atoms with van der Waals surface area (Å²) in [7, 11) is 0. The van der Waals surface area contributed by atoms with E-state index in [9.17, 15) is 14.7 Å². The number of hydrogen-bond donors (Lipinski definition) is 3. The van der Waals surface area contributed by atoms with Crippen LogP contribution in [-0.2, 0) is 0 Å². The van der Waals surface area contributed by atoms with Crippen molar-refractivity contribution in [2.24, 2.45) is 0 Å². The normalized spacial score (nSPS) is 16.2. The number of Topliss-reactive ketones (excluding diaryl/α,β-unsaturated/α-hetero) is 1. The molecule has 2 rings (SSSR count). The van der Waals surface area contributed by atoms with Crippen LogP contribution in [0.25, 0.3) is 0 Å². The van der Waals surface area contributed by atoms with Gasteiger partial charge in [0.15, 0.2) is 5.78 Å². The van der Waals surface area contributed by atoms with Crippen molar-refractivity contribution in [3.05, 3.63) is 29.3 Å². The third-order valence-corrected chi connectivity index (χ3v) is 3.13. The average Bonchev–Trinajstić information content (AvgIpc) is 2.40. The van der Waals surface area contributed by atoms with E-state index in [0.717, 1.165) is 26.2 Å². The Labute approximate surface area is 110 Å². The van der Waals surface area contributed by atoms with Gasteiger partial charge >= 0.3 is 5.97 Å². The molecule has 6 nitrogen and oxygen atoms in total. The van der Waals surface area contributed by atoms with Gasteiger partial charge in [-0.15, -0.1) is 0 Å². The number of carboxylic acid groups (broad SMARTS) is 1. The Kier molecular flexibility index (Phi) is 4.13. The molecule has 0 aromatic heterocycles. The predicted molar refractivity (Wildman–Crippen MR) is 68.7 cm³/mol. The largest absolute Gasteiger partial charge is 0.507 e. The van der Waals surface area contributed by atoms with Crippen LogP contribution < -0.4 is 5.32 Å². The number of nitrogens with zero attached hydrogens (tertiary/aromatic N) is 1. The van der Waals surface area contributed by atoms with Crippen molar-refractivity contribution in [3.63, 3.8) is 0 Å². The maximum absolute atomic E-state index is 12.1. The summed E-state index contributed by atoms with van der Waals surface area (Å²) in [5, 5.41) is 21.5. The first kappa shape index (κ1) is 13.5. The number of phenols is 1. The quantitative estimate of drug-likeness (QED) is 0.672. The van der Waals surface area contributed by atoms with Crippen LogP contribution in [0.2, 0.25) is 0 Å². The minimum atomic E-state index is -1.24. The minimum Gasteiger partial charge on any atom is -0.507 e. The molecule has 0 atom stereocenters. The van der Waals surface area contributed by atoms with Gasteiger partial charge < -0.3 is 15.5 Å². The summed E-state index contributed by atoms with van der Waals surface area (Å²) < 4.78 is 0. The van der Waals surface area contributed by atoms with E-state index in [1.807, 2.05) is 4.90 Å². The van der Waals surface area contributed by atoms with Gasteiger partial charge in [0, 0.05) is 31.7 Å². The molecule has 1 heterocycles. The maximum atomic E-state index is 12.1. The van der Waals surface area contributed by atoms with Crippen molar-refractivity contribution in [1.82, 2.24) is 10.2 Å². The van der Waals surface area contributed by atoms with Crippen LogP contribution >= 0.6 is 0 Å². The molecule has 0 saturated carbocycles. The first-order chi connectivity index (χ1) is 9.08. The van der Waals surface area contributed by atoms with E-state index >= 15 is 0 Å². The van der Waals surface area contributed by atoms with Crippen LogP contribution in [-0.4, -0.2) is 59.6 Å². The van der Waals surface area contributed by atoms with Gasteiger partial charge in [0.1, 0.15) is 11.3 Å². The SMILES string of the molecule is O=C(CN1CCNCC1)c1ccc(O)c(C(=O)O)c1. The van der Waals surface area contributed by atoms with Gasteiger partial charge in [-0.1, -0.05) is 0 Å². The van der Waals surface area contributed by atoms with Gasteiger partial charge in [-0.3, -0.25) is 9.69 Å². The molecule has 1 aromatic rings. The highest BCUT2D eigenvalue weighted by molar-refractivity contribution is 6.01. The van der Waals surface area contributed by atoms with Crippen LogP contribution in [0, 0.1) is 0 Å². The van der Waals surface area contributed by atoms with Gasteiger partial charge in [0.25, 0.3) is 0 Å². The maximum Gasteiger partial charge on any atom is 0.339 e. The molecule has 19 heavy (non-hydrogen) atoms. The zero-order valence-corrected chi connectivity index (χ0v) is 10.4. The second kappa shape index (κ2) is 5.81. The van der Waals surface area contributed by atoms with Crippen LogP contribution in [0.5, 0.6) is 5.75 Å². The number of carbonyl (C=O) groups is 2. The van der Waals surface area contributed by atoms with Crippen molar-refractivity contribution < 1.29 is 19.8 Å². The summed E-state index contributed by atoms with van der Waals surface area (Å²) in [6.45, 7) is 3.57. The van der Waals surface area contributed by atoms with Crippen LogP contribution in [0.1, 0.15) is 20.7 Å². The Hall–Kier alpha value is -1.92. The highest BCUT2D eigenvalue weighted by atomic mass is 16.4. The highest BCUT2D eigenvalue weighted by Gasteiger charge is 2.17. The number of benzene rings is 1. The number of rotatable bonds is 4. The molecular weight excluding hydrogens is 248 g/mol. The molecule has 1 fully saturated rings. The third kappa shape index (κ3) is 3.30. The van der Waals surface area contributed by atoms with Crippen LogP contribution in [0.3, 0.4) is 0 Å². The summed E-state index contributed by atoms with van der Waals surface area (Å²) >= 11 is 0. The number of hydrogen-bond acceptors (Lipinski definition) is 5. The van der Waals surface area contributed by atoms with Crippen molar-refractivity contribution in [2.75, 3.05) is 32.7 Å². The lowest BCUT2D eigenvalue weighted by atomic mass is 10.1. The molecule has 102 valence electrons. The standard InChI is InChI=1S/C13H16N2O4/c16-11-2-1-9(7-10(11)13(18)19)12(17)8-15-5-3-14-4-6-15/h1-2,7,14,16H,3-6,8H2,(H,18,19). The first-order valence-corrected chi connectivity index (χ1v) is 6.10. The molecule has 3 N–H and O–H groups in total. The van der Waals surface area contributed by atoms with Gasteiger partial charge in [-0.05, 0) is 18.2 Å². The smallest absolute Gasteiger partial charge is 0.339 e. The zero-order valence-electron chi connectivity index (χ0n) is 10.4. The number of ketones is 1. The van der Waals surface area contributed by atoms with E-state index < -0.39 is 5.97 Å². The van der Waals surface area contributed by atoms with E-state index in [2.05, 4.69) is 5.32 Å². The Morgan fingerprint density at radius 2 is 1.95 bits per heavy atom. The van der Waals surface area contributed by atoms with E-state index in [0.29, 0.717) is 5.56 Å². The molecule has 1 aromatic carbocycles.